The molecule has 1 unspecified atom stereocenters. The van der Waals surface area contributed by atoms with Crippen LogP contribution in [0.4, 0.5) is 4.39 Å². The summed E-state index contributed by atoms with van der Waals surface area (Å²) in [6, 6.07) is 4.29. The number of hydrogen-bond acceptors (Lipinski definition) is 3. The molecule has 7 heteroatoms. The highest BCUT2D eigenvalue weighted by molar-refractivity contribution is 6.31. The Morgan fingerprint density at radius 2 is 1.81 bits per heavy atom. The Kier molecular flexibility index (Phi) is 4.80. The predicted octanol–water partition coefficient (Wildman–Crippen LogP) is 1.14. The van der Waals surface area contributed by atoms with Crippen molar-refractivity contribution in [3.63, 3.8) is 0 Å². The van der Waals surface area contributed by atoms with E-state index >= 15 is 0 Å². The smallest absolute Gasteiger partial charge is 0.257 e. The lowest BCUT2D eigenvalue weighted by Crippen LogP contribution is -2.52. The molecule has 2 amide bonds. The van der Waals surface area contributed by atoms with Crippen LogP contribution in [0.3, 0.4) is 0 Å². The number of benzene rings is 1. The first-order valence-electron chi connectivity index (χ1n) is 6.62. The van der Waals surface area contributed by atoms with Gasteiger partial charge in [0, 0.05) is 26.2 Å². The first kappa shape index (κ1) is 15.7. The number of carbonyl (C=O) groups excluding carboxylic acids is 2. The quantitative estimate of drug-likeness (QED) is 0.890. The summed E-state index contributed by atoms with van der Waals surface area (Å²) >= 11 is 5.67. The molecule has 1 aliphatic rings. The van der Waals surface area contributed by atoms with Gasteiger partial charge in [-0.05, 0) is 19.1 Å². The SMILES string of the molecule is CC(O)C(=O)N1CCN(C(=O)c2cccc(Cl)c2F)CC1. The maximum atomic E-state index is 13.8. The van der Waals surface area contributed by atoms with E-state index in [9.17, 15) is 19.1 Å². The minimum absolute atomic E-state index is 0.0715. The van der Waals surface area contributed by atoms with E-state index in [0.29, 0.717) is 26.2 Å². The molecule has 1 aromatic rings. The molecule has 2 rings (SSSR count). The highest BCUT2D eigenvalue weighted by atomic mass is 35.5. The molecule has 0 aliphatic carbocycles. The van der Waals surface area contributed by atoms with Gasteiger partial charge in [-0.15, -0.1) is 0 Å². The van der Waals surface area contributed by atoms with Gasteiger partial charge in [0.1, 0.15) is 6.10 Å². The molecule has 21 heavy (non-hydrogen) atoms. The summed E-state index contributed by atoms with van der Waals surface area (Å²) in [4.78, 5) is 26.9. The summed E-state index contributed by atoms with van der Waals surface area (Å²) in [7, 11) is 0. The third-order valence-corrected chi connectivity index (χ3v) is 3.71. The van der Waals surface area contributed by atoms with Crippen molar-refractivity contribution < 1.29 is 19.1 Å². The predicted molar refractivity (Wildman–Crippen MR) is 75.6 cm³/mol. The maximum Gasteiger partial charge on any atom is 0.257 e. The molecule has 0 bridgehead atoms. The molecule has 1 fully saturated rings. The Morgan fingerprint density at radius 1 is 1.24 bits per heavy atom. The second kappa shape index (κ2) is 6.41. The van der Waals surface area contributed by atoms with Crippen LogP contribution in [0.5, 0.6) is 0 Å². The Morgan fingerprint density at radius 3 is 2.38 bits per heavy atom. The molecule has 1 atom stereocenters. The number of piperazine rings is 1. The van der Waals surface area contributed by atoms with Gasteiger partial charge in [0.15, 0.2) is 5.82 Å². The average Bonchev–Trinajstić information content (AvgIpc) is 2.48. The van der Waals surface area contributed by atoms with E-state index < -0.39 is 17.8 Å². The first-order chi connectivity index (χ1) is 9.91. The van der Waals surface area contributed by atoms with Gasteiger partial charge >= 0.3 is 0 Å². The summed E-state index contributed by atoms with van der Waals surface area (Å²) in [6.07, 6.45) is -1.06. The van der Waals surface area contributed by atoms with Gasteiger partial charge in [-0.3, -0.25) is 9.59 Å². The normalized spacial score (nSPS) is 16.8. The maximum absolute atomic E-state index is 13.8. The number of hydrogen-bond donors (Lipinski definition) is 1. The van der Waals surface area contributed by atoms with E-state index in [1.54, 1.807) is 0 Å². The fourth-order valence-corrected chi connectivity index (χ4v) is 2.41. The topological polar surface area (TPSA) is 60.9 Å². The van der Waals surface area contributed by atoms with Gasteiger partial charge in [-0.25, -0.2) is 4.39 Å². The highest BCUT2D eigenvalue weighted by Crippen LogP contribution is 2.20. The van der Waals surface area contributed by atoms with Gasteiger partial charge < -0.3 is 14.9 Å². The van der Waals surface area contributed by atoms with Crippen LogP contribution in [0.15, 0.2) is 18.2 Å². The van der Waals surface area contributed by atoms with Crippen LogP contribution in [-0.4, -0.2) is 59.0 Å². The van der Waals surface area contributed by atoms with Crippen LogP contribution >= 0.6 is 11.6 Å². The molecule has 0 aromatic heterocycles. The molecular weight excluding hydrogens is 299 g/mol. The van der Waals surface area contributed by atoms with Crippen LogP contribution in [0, 0.1) is 5.82 Å². The standard InChI is InChI=1S/C14H16ClFN2O3/c1-9(19)13(20)17-5-7-18(8-6-17)14(21)10-3-2-4-11(15)12(10)16/h2-4,9,19H,5-8H2,1H3. The van der Waals surface area contributed by atoms with Gasteiger partial charge in [0.25, 0.3) is 11.8 Å². The van der Waals surface area contributed by atoms with Gasteiger partial charge in [-0.2, -0.15) is 0 Å². The van der Waals surface area contributed by atoms with Crippen molar-refractivity contribution in [3.05, 3.63) is 34.6 Å². The molecule has 1 N–H and O–H groups in total. The summed E-state index contributed by atoms with van der Waals surface area (Å²) in [5.41, 5.74) is -0.0715. The Hall–Kier alpha value is -1.66. The minimum atomic E-state index is -1.06. The fraction of sp³-hybridized carbons (Fsp3) is 0.429. The summed E-state index contributed by atoms with van der Waals surface area (Å²) in [6.45, 7) is 2.63. The molecule has 1 aliphatic heterocycles. The fourth-order valence-electron chi connectivity index (χ4n) is 2.23. The second-order valence-corrected chi connectivity index (χ2v) is 5.30. The molecule has 114 valence electrons. The summed E-state index contributed by atoms with van der Waals surface area (Å²) < 4.78 is 13.8. The number of amides is 2. The number of rotatable bonds is 2. The Labute approximate surface area is 126 Å². The zero-order valence-corrected chi connectivity index (χ0v) is 12.3. The lowest BCUT2D eigenvalue weighted by molar-refractivity contribution is -0.140. The van der Waals surface area contributed by atoms with Gasteiger partial charge in [0.2, 0.25) is 0 Å². The Bertz CT molecular complexity index is 557. The van der Waals surface area contributed by atoms with Gasteiger partial charge in [0.05, 0.1) is 10.6 Å². The third kappa shape index (κ3) is 3.33. The first-order valence-corrected chi connectivity index (χ1v) is 6.99. The van der Waals surface area contributed by atoms with E-state index in [1.165, 1.54) is 34.9 Å². The van der Waals surface area contributed by atoms with Crippen LogP contribution in [0.1, 0.15) is 17.3 Å². The molecule has 1 aromatic carbocycles. The van der Waals surface area contributed by atoms with E-state index in [4.69, 9.17) is 11.6 Å². The van der Waals surface area contributed by atoms with Crippen LogP contribution in [-0.2, 0) is 4.79 Å². The van der Waals surface area contributed by atoms with E-state index in [-0.39, 0.29) is 16.5 Å². The van der Waals surface area contributed by atoms with Crippen molar-refractivity contribution >= 4 is 23.4 Å². The van der Waals surface area contributed by atoms with Crippen LogP contribution in [0.25, 0.3) is 0 Å². The summed E-state index contributed by atoms with van der Waals surface area (Å²) in [5.74, 6) is -1.54. The van der Waals surface area contributed by atoms with Crippen molar-refractivity contribution in [1.29, 1.82) is 0 Å². The molecule has 5 nitrogen and oxygen atoms in total. The Balaban J connectivity index is 2.04. The number of nitrogens with zero attached hydrogens (tertiary/aromatic N) is 2. The molecule has 0 radical (unpaired) electrons. The zero-order chi connectivity index (χ0) is 15.6. The molecule has 0 spiro atoms. The van der Waals surface area contributed by atoms with Crippen molar-refractivity contribution in [2.75, 3.05) is 26.2 Å². The van der Waals surface area contributed by atoms with E-state index in [1.807, 2.05) is 0 Å². The zero-order valence-electron chi connectivity index (χ0n) is 11.6. The minimum Gasteiger partial charge on any atom is -0.384 e. The lowest BCUT2D eigenvalue weighted by atomic mass is 10.1. The van der Waals surface area contributed by atoms with Crippen molar-refractivity contribution in [2.45, 2.75) is 13.0 Å². The molecule has 1 saturated heterocycles. The third-order valence-electron chi connectivity index (χ3n) is 3.42. The number of carbonyl (C=O) groups is 2. The van der Waals surface area contributed by atoms with E-state index in [2.05, 4.69) is 0 Å². The van der Waals surface area contributed by atoms with Crippen LogP contribution < -0.4 is 0 Å². The van der Waals surface area contributed by atoms with Crippen molar-refractivity contribution in [3.8, 4) is 0 Å². The second-order valence-electron chi connectivity index (χ2n) is 4.89. The van der Waals surface area contributed by atoms with Crippen molar-refractivity contribution in [2.24, 2.45) is 0 Å². The van der Waals surface area contributed by atoms with Crippen molar-refractivity contribution in [1.82, 2.24) is 9.80 Å². The largest absolute Gasteiger partial charge is 0.384 e. The van der Waals surface area contributed by atoms with Crippen LogP contribution in [0.2, 0.25) is 5.02 Å². The molecular formula is C14H16ClFN2O3. The number of aliphatic hydroxyl groups is 1. The average molecular weight is 315 g/mol. The summed E-state index contributed by atoms with van der Waals surface area (Å²) in [5, 5.41) is 9.16. The number of aliphatic hydroxyl groups excluding tert-OH is 1. The van der Waals surface area contributed by atoms with Gasteiger partial charge in [-0.1, -0.05) is 17.7 Å². The molecule has 1 heterocycles. The number of halogens is 2. The monoisotopic (exact) mass is 314 g/mol. The highest BCUT2D eigenvalue weighted by Gasteiger charge is 2.28. The van der Waals surface area contributed by atoms with E-state index in [0.717, 1.165) is 0 Å². The molecule has 0 saturated carbocycles. The lowest BCUT2D eigenvalue weighted by Gasteiger charge is -2.35.